The predicted octanol–water partition coefficient (Wildman–Crippen LogP) is 16.9. The molecule has 0 aliphatic heterocycles. The van der Waals surface area contributed by atoms with E-state index >= 15 is 0 Å². The first-order valence-corrected chi connectivity index (χ1v) is 25.0. The van der Waals surface area contributed by atoms with Gasteiger partial charge in [-0.15, -0.1) is 13.2 Å². The number of hydrogen-bond acceptors (Lipinski definition) is 8. The van der Waals surface area contributed by atoms with E-state index in [0.29, 0.717) is 60.2 Å². The molecule has 0 aromatic carbocycles. The fourth-order valence-electron chi connectivity index (χ4n) is 7.18. The Morgan fingerprint density at radius 3 is 0.833 bits per heavy atom. The minimum atomic E-state index is -1.80. The van der Waals surface area contributed by atoms with Crippen LogP contribution in [0.3, 0.4) is 0 Å². The summed E-state index contributed by atoms with van der Waals surface area (Å²) >= 11 is 0.300. The van der Waals surface area contributed by atoms with E-state index < -0.39 is 11.2 Å². The van der Waals surface area contributed by atoms with Crippen LogP contribution in [-0.4, -0.2) is 45.4 Å². The molecule has 9 heteroatoms. The molecule has 0 heterocycles. The molecule has 0 amide bonds. The maximum atomic E-state index is 10.8. The second-order valence-electron chi connectivity index (χ2n) is 23.6. The van der Waals surface area contributed by atoms with Crippen LogP contribution in [0.25, 0.3) is 0 Å². The second kappa shape index (κ2) is 46.9. The number of hydrogen-bond donors (Lipinski definition) is 4. The molecule has 0 aliphatic rings. The summed E-state index contributed by atoms with van der Waals surface area (Å²) in [7, 11) is 0. The van der Waals surface area contributed by atoms with Crippen LogP contribution >= 0.6 is 0 Å². The van der Waals surface area contributed by atoms with E-state index in [9.17, 15) is 24.6 Å². The van der Waals surface area contributed by atoms with E-state index in [4.69, 9.17) is 13.3 Å². The molecular weight excluding hydrogens is 904 g/mol. The normalized spacial score (nSPS) is 11.4. The topological polar surface area (TPSA) is 149 Å². The first-order valence-electron chi connectivity index (χ1n) is 24.0. The Labute approximate surface area is 427 Å². The van der Waals surface area contributed by atoms with Crippen LogP contribution in [0.15, 0.2) is 50.6 Å². The van der Waals surface area contributed by atoms with Gasteiger partial charge in [-0.2, -0.15) is 19.3 Å². The van der Waals surface area contributed by atoms with Crippen LogP contribution in [0.2, 0.25) is 0 Å². The second-order valence-corrected chi connectivity index (χ2v) is 23.6. The Morgan fingerprint density at radius 2 is 0.667 bits per heavy atom. The SMILES string of the molecule is C=CCC(O)(O)C(C)(C)C(CC=C)(CC(C)(C)C)CC(C)(C)C.C=C[CH2-].C=C[CH2-].CC(C)(C)CCCCC[C-]=O.CC(C)(C)CCCCC[C-]=O.CC(C)(C)CCCCC[C-]=O.OO.[O]=[Zr]. The summed E-state index contributed by atoms with van der Waals surface area (Å²) in [4.78, 5) is 29.5. The van der Waals surface area contributed by atoms with E-state index in [-0.39, 0.29) is 22.7 Å². The number of carbonyl (C=O) groups excluding carboxylic acids is 3. The van der Waals surface area contributed by atoms with Crippen molar-refractivity contribution in [3.63, 3.8) is 0 Å². The third kappa shape index (κ3) is 64.3. The number of rotatable bonds is 23. The van der Waals surface area contributed by atoms with Crippen molar-refractivity contribution in [1.82, 2.24) is 0 Å². The summed E-state index contributed by atoms with van der Waals surface area (Å²) in [6.45, 7) is 58.2. The monoisotopic (exact) mass is 1010 g/mol. The summed E-state index contributed by atoms with van der Waals surface area (Å²) < 4.78 is 8.34. The molecule has 0 fully saturated rings. The predicted molar refractivity (Wildman–Crippen MR) is 283 cm³/mol. The van der Waals surface area contributed by atoms with Crippen molar-refractivity contribution < 1.29 is 62.6 Å². The average Bonchev–Trinajstić information content (AvgIpc) is 3.15. The van der Waals surface area contributed by atoms with Crippen molar-refractivity contribution >= 4 is 18.9 Å². The fraction of sp³-hybridized carbons (Fsp3) is 0.772. The zero-order valence-corrected chi connectivity index (χ0v) is 48.9. The van der Waals surface area contributed by atoms with Gasteiger partial charge in [0.15, 0.2) is 5.79 Å². The van der Waals surface area contributed by atoms with Crippen LogP contribution in [0.4, 0.5) is 0 Å². The summed E-state index contributed by atoms with van der Waals surface area (Å²) in [5.41, 5.74) is 0.535. The number of aliphatic hydroxyl groups is 2. The van der Waals surface area contributed by atoms with Crippen molar-refractivity contribution in [3.8, 4) is 0 Å². The molecule has 0 rings (SSSR count). The molecule has 0 aromatic heterocycles. The van der Waals surface area contributed by atoms with Gasteiger partial charge < -0.3 is 24.6 Å². The molecule has 0 atom stereocenters. The number of allylic oxidation sites excluding steroid dienone is 3. The third-order valence-corrected chi connectivity index (χ3v) is 10.1. The first-order chi connectivity index (χ1) is 30.0. The third-order valence-electron chi connectivity index (χ3n) is 10.1. The van der Waals surface area contributed by atoms with Crippen LogP contribution in [0.5, 0.6) is 0 Å². The molecule has 0 saturated heterocycles. The molecule has 0 aliphatic carbocycles. The van der Waals surface area contributed by atoms with E-state index in [0.717, 1.165) is 38.5 Å². The van der Waals surface area contributed by atoms with Crippen molar-refractivity contribution in [2.75, 3.05) is 0 Å². The fourth-order valence-corrected chi connectivity index (χ4v) is 7.18. The van der Waals surface area contributed by atoms with Gasteiger partial charge in [0, 0.05) is 11.8 Å². The maximum absolute atomic E-state index is 10.8. The van der Waals surface area contributed by atoms with Gasteiger partial charge >= 0.3 is 27.5 Å². The van der Waals surface area contributed by atoms with Gasteiger partial charge in [-0.1, -0.05) is 188 Å². The molecule has 0 saturated carbocycles. The molecule has 4 N–H and O–H groups in total. The van der Waals surface area contributed by atoms with Crippen LogP contribution in [0, 0.1) is 51.8 Å². The van der Waals surface area contributed by atoms with Gasteiger partial charge in [-0.05, 0) is 71.0 Å². The van der Waals surface area contributed by atoms with Crippen molar-refractivity contribution in [1.29, 1.82) is 0 Å². The van der Waals surface area contributed by atoms with Gasteiger partial charge in [-0.25, -0.2) is 39.2 Å². The molecule has 0 spiro atoms. The average molecular weight is 1010 g/mol. The van der Waals surface area contributed by atoms with E-state index in [1.807, 2.05) is 38.8 Å². The van der Waals surface area contributed by atoms with Gasteiger partial charge in [0.2, 0.25) is 0 Å². The van der Waals surface area contributed by atoms with Gasteiger partial charge in [0.25, 0.3) is 0 Å². The molecular formula is C57H109O8Zr-5. The Kier molecular flexibility index (Phi) is 57.8. The molecule has 0 aromatic rings. The van der Waals surface area contributed by atoms with E-state index in [2.05, 4.69) is 144 Å². The van der Waals surface area contributed by atoms with Crippen LogP contribution < -0.4 is 0 Å². The Bertz CT molecular complexity index is 1040. The quantitative estimate of drug-likeness (QED) is 0.0197. The zero-order valence-electron chi connectivity index (χ0n) is 46.4. The van der Waals surface area contributed by atoms with Crippen molar-refractivity contribution in [2.24, 2.45) is 37.9 Å². The Morgan fingerprint density at radius 1 is 0.439 bits per heavy atom. The zero-order chi connectivity index (χ0) is 54.4. The van der Waals surface area contributed by atoms with Gasteiger partial charge in [0.1, 0.15) is 0 Å². The Balaban J connectivity index is -0.000000111. The molecule has 0 unspecified atom stereocenters. The summed E-state index contributed by atoms with van der Waals surface area (Å²) in [5, 5.41) is 33.7. The minimum absolute atomic E-state index is 0.0792. The summed E-state index contributed by atoms with van der Waals surface area (Å²) in [6, 6.07) is 0. The molecule has 0 bridgehead atoms. The van der Waals surface area contributed by atoms with Crippen molar-refractivity contribution in [2.45, 2.75) is 245 Å². The molecule has 394 valence electrons. The first kappa shape index (κ1) is 81.2. The molecule has 0 radical (unpaired) electrons. The van der Waals surface area contributed by atoms with E-state index in [1.54, 1.807) is 6.08 Å². The van der Waals surface area contributed by atoms with Crippen molar-refractivity contribution in [3.05, 3.63) is 64.5 Å². The standard InChI is InChI=1S/C21H40O2.3C10H19O.2C3H5.H2O2.O.Zr/c1-11-13-20(15-17(3,4)5,16-18(6,7)8)19(9,10)21(22,23)14-12-2;3*1-10(2,3)8-6-4-5-7-9-11;2*1-3-2;1-2;;/h11-12,22-23H,1-2,13-16H2,3-10H3;3*4-8H2,1-3H3;2*3H,1-2H2;1-2H;;/q;5*-1;;;. The Hall–Kier alpha value is -1.77. The number of unbranched alkanes of at least 4 members (excludes halogenated alkanes) is 9. The van der Waals surface area contributed by atoms with Gasteiger partial charge in [-0.3, -0.25) is 29.4 Å². The van der Waals surface area contributed by atoms with E-state index in [1.165, 1.54) is 69.9 Å². The molecule has 66 heavy (non-hydrogen) atoms. The summed E-state index contributed by atoms with van der Waals surface area (Å²) in [5.74, 6) is -1.80. The van der Waals surface area contributed by atoms with Crippen LogP contribution in [-0.2, 0) is 41.9 Å². The molecule has 8 nitrogen and oxygen atoms in total. The summed E-state index contributed by atoms with van der Waals surface area (Å²) in [6.07, 6.45) is 30.9. The van der Waals surface area contributed by atoms with Crippen LogP contribution in [0.1, 0.15) is 240 Å². The van der Waals surface area contributed by atoms with Gasteiger partial charge in [0.05, 0.1) is 0 Å².